The van der Waals surface area contributed by atoms with Gasteiger partial charge < -0.3 is 28.8 Å². The SMILES string of the molecule is CC/C=C\C/C=C\C/C=C\C/C=C\C/C=C\C/C=C\C/C=C\C/C=C\CCCCCCCCCCCCC(=O)NC(COP(=O)([O-])OCC[N+](C)(C)C)C(O)/C=C/CC/C=C/CC/C=C/CCCCCCCCCCCCC. The minimum Gasteiger partial charge on any atom is -0.756 e. The first kappa shape index (κ1) is 74.6. The number of unbranched alkanes of at least 4 members (excludes halogenated alkanes) is 23. The van der Waals surface area contributed by atoms with E-state index in [1.54, 1.807) is 6.08 Å². The summed E-state index contributed by atoms with van der Waals surface area (Å²) in [4.78, 5) is 25.6. The maximum atomic E-state index is 13.0. The van der Waals surface area contributed by atoms with Crippen molar-refractivity contribution in [1.29, 1.82) is 0 Å². The monoisotopic (exact) mass is 1100 g/mol. The second-order valence-electron chi connectivity index (χ2n) is 22.0. The molecule has 0 radical (unpaired) electrons. The number of carbonyl (C=O) groups excluding carboxylic acids is 1. The summed E-state index contributed by atoms with van der Waals surface area (Å²) in [6.07, 6.45) is 88.3. The molecule has 78 heavy (non-hydrogen) atoms. The van der Waals surface area contributed by atoms with Crippen LogP contribution in [0.4, 0.5) is 0 Å². The van der Waals surface area contributed by atoms with E-state index in [4.69, 9.17) is 9.05 Å². The normalized spacial score (nSPS) is 14.7. The Morgan fingerprint density at radius 1 is 0.462 bits per heavy atom. The number of hydrogen-bond donors (Lipinski definition) is 2. The van der Waals surface area contributed by atoms with E-state index in [9.17, 15) is 19.4 Å². The maximum Gasteiger partial charge on any atom is 0.268 e. The van der Waals surface area contributed by atoms with Crippen molar-refractivity contribution in [3.05, 3.63) is 134 Å². The predicted molar refractivity (Wildman–Crippen MR) is 338 cm³/mol. The molecule has 0 bridgehead atoms. The molecule has 2 N–H and O–H groups in total. The van der Waals surface area contributed by atoms with E-state index in [0.717, 1.165) is 109 Å². The van der Waals surface area contributed by atoms with Crippen LogP contribution < -0.4 is 10.2 Å². The minimum absolute atomic E-state index is 0.0163. The third-order valence-electron chi connectivity index (χ3n) is 13.3. The summed E-state index contributed by atoms with van der Waals surface area (Å²) in [5, 5.41) is 13.9. The standard InChI is InChI=1S/C69H119N2O6P/c1-6-8-10-12-14-16-18-20-22-24-26-28-29-30-31-32-33-34-35-36-37-38-39-40-41-43-45-47-49-51-53-55-57-59-61-63-69(73)70-67(66-77-78(74,75)76-65-64-71(3,4)5)68(72)62-60-58-56-54-52-50-48-46-44-42-27-25-23-21-19-17-15-13-11-9-7-2/h8,10,14,16,20,22,26,28,30-31,33-34,36-37,39-40,44,46,52,54,60,62,67-68,72H,6-7,9,11-13,15,17-19,21,23-25,27,29,32,35,38,41-43,45,47-51,53,55-59,61,63-66H2,1-5H3,(H-,70,73,74,75)/b10-8-,16-14-,22-20-,28-26-,31-30-,34-33-,37-36-,40-39-,46-44+,54-52+,62-60+. The second-order valence-corrected chi connectivity index (χ2v) is 23.4. The van der Waals surface area contributed by atoms with Gasteiger partial charge in [-0.2, -0.15) is 0 Å². The second kappa shape index (κ2) is 58.3. The Morgan fingerprint density at radius 2 is 0.795 bits per heavy atom. The molecule has 0 aliphatic heterocycles. The van der Waals surface area contributed by atoms with Crippen molar-refractivity contribution in [2.24, 2.45) is 0 Å². The lowest BCUT2D eigenvalue weighted by molar-refractivity contribution is -0.870. The van der Waals surface area contributed by atoms with Crippen LogP contribution in [-0.4, -0.2) is 68.5 Å². The van der Waals surface area contributed by atoms with Crippen LogP contribution in [0.3, 0.4) is 0 Å². The molecular formula is C69H119N2O6P. The van der Waals surface area contributed by atoms with Gasteiger partial charge in [-0.3, -0.25) is 9.36 Å². The van der Waals surface area contributed by atoms with E-state index in [1.807, 2.05) is 27.2 Å². The minimum atomic E-state index is -4.62. The number of aliphatic hydroxyl groups excluding tert-OH is 1. The Hall–Kier alpha value is -3.36. The number of amides is 1. The molecule has 0 saturated carbocycles. The Morgan fingerprint density at radius 3 is 1.19 bits per heavy atom. The van der Waals surface area contributed by atoms with Crippen LogP contribution in [0.25, 0.3) is 0 Å². The third kappa shape index (κ3) is 60.3. The Kier molecular flexibility index (Phi) is 55.8. The topological polar surface area (TPSA) is 108 Å². The van der Waals surface area contributed by atoms with Crippen molar-refractivity contribution in [1.82, 2.24) is 5.32 Å². The van der Waals surface area contributed by atoms with Gasteiger partial charge in [-0.15, -0.1) is 0 Å². The summed E-state index contributed by atoms with van der Waals surface area (Å²) >= 11 is 0. The van der Waals surface area contributed by atoms with Crippen LogP contribution in [0.1, 0.15) is 245 Å². The molecule has 446 valence electrons. The Labute approximate surface area is 481 Å². The first-order chi connectivity index (χ1) is 38.0. The van der Waals surface area contributed by atoms with Gasteiger partial charge in [-0.25, -0.2) is 0 Å². The number of aliphatic hydroxyl groups is 1. The third-order valence-corrected chi connectivity index (χ3v) is 14.3. The van der Waals surface area contributed by atoms with E-state index in [-0.39, 0.29) is 12.5 Å². The highest BCUT2D eigenvalue weighted by Gasteiger charge is 2.23. The van der Waals surface area contributed by atoms with Gasteiger partial charge >= 0.3 is 0 Å². The molecule has 0 aliphatic carbocycles. The van der Waals surface area contributed by atoms with Gasteiger partial charge in [-0.1, -0.05) is 263 Å². The number of phosphoric acid groups is 1. The molecule has 0 aliphatic rings. The highest BCUT2D eigenvalue weighted by Crippen LogP contribution is 2.38. The number of hydrogen-bond acceptors (Lipinski definition) is 6. The molecule has 3 unspecified atom stereocenters. The first-order valence-corrected chi connectivity index (χ1v) is 33.0. The molecule has 0 aromatic heterocycles. The highest BCUT2D eigenvalue weighted by molar-refractivity contribution is 7.45. The molecule has 0 spiro atoms. The summed E-state index contributed by atoms with van der Waals surface area (Å²) in [5.41, 5.74) is 0. The number of likely N-dealkylation sites (N-methyl/N-ethyl adjacent to an activating group) is 1. The zero-order valence-corrected chi connectivity index (χ0v) is 51.7. The molecule has 1 amide bonds. The summed E-state index contributed by atoms with van der Waals surface area (Å²) in [6, 6.07) is -0.922. The molecule has 0 rings (SSSR count). The lowest BCUT2D eigenvalue weighted by Crippen LogP contribution is -2.45. The molecule has 0 aromatic carbocycles. The van der Waals surface area contributed by atoms with Crippen LogP contribution in [0, 0.1) is 0 Å². The molecule has 0 aromatic rings. The van der Waals surface area contributed by atoms with Crippen LogP contribution in [0.2, 0.25) is 0 Å². The van der Waals surface area contributed by atoms with E-state index in [1.165, 1.54) is 116 Å². The summed E-state index contributed by atoms with van der Waals surface area (Å²) in [7, 11) is 1.22. The number of allylic oxidation sites excluding steroid dienone is 21. The van der Waals surface area contributed by atoms with E-state index < -0.39 is 26.6 Å². The van der Waals surface area contributed by atoms with Gasteiger partial charge in [0, 0.05) is 6.42 Å². The summed E-state index contributed by atoms with van der Waals surface area (Å²) in [5.74, 6) is -0.221. The fourth-order valence-electron chi connectivity index (χ4n) is 8.44. The van der Waals surface area contributed by atoms with E-state index in [2.05, 4.69) is 141 Å². The lowest BCUT2D eigenvalue weighted by Gasteiger charge is -2.29. The fourth-order valence-corrected chi connectivity index (χ4v) is 9.16. The summed E-state index contributed by atoms with van der Waals surface area (Å²) in [6.45, 7) is 4.50. The quantitative estimate of drug-likeness (QED) is 0.0272. The largest absolute Gasteiger partial charge is 0.756 e. The Balaban J connectivity index is 4.23. The maximum absolute atomic E-state index is 13.0. The average molecular weight is 1100 g/mol. The van der Waals surface area contributed by atoms with Crippen molar-refractivity contribution in [3.63, 3.8) is 0 Å². The van der Waals surface area contributed by atoms with Crippen LogP contribution in [0.15, 0.2) is 134 Å². The smallest absolute Gasteiger partial charge is 0.268 e. The molecule has 9 heteroatoms. The van der Waals surface area contributed by atoms with E-state index in [0.29, 0.717) is 17.4 Å². The lowest BCUT2D eigenvalue weighted by atomic mass is 10.0. The van der Waals surface area contributed by atoms with Crippen molar-refractivity contribution < 1.29 is 32.9 Å². The van der Waals surface area contributed by atoms with Crippen LogP contribution in [0.5, 0.6) is 0 Å². The van der Waals surface area contributed by atoms with Crippen molar-refractivity contribution >= 4 is 13.7 Å². The number of nitrogens with zero attached hydrogens (tertiary/aromatic N) is 1. The van der Waals surface area contributed by atoms with Crippen molar-refractivity contribution in [2.45, 2.75) is 257 Å². The van der Waals surface area contributed by atoms with Crippen LogP contribution in [-0.2, 0) is 18.4 Å². The predicted octanol–water partition coefficient (Wildman–Crippen LogP) is 19.2. The van der Waals surface area contributed by atoms with Gasteiger partial charge in [0.2, 0.25) is 5.91 Å². The van der Waals surface area contributed by atoms with Crippen LogP contribution >= 0.6 is 7.82 Å². The number of phosphoric ester groups is 1. The molecule has 0 fully saturated rings. The van der Waals surface area contributed by atoms with Gasteiger partial charge in [0.05, 0.1) is 39.9 Å². The number of carbonyl (C=O) groups is 1. The van der Waals surface area contributed by atoms with Gasteiger partial charge in [0.25, 0.3) is 7.82 Å². The fraction of sp³-hybridized carbons (Fsp3) is 0.667. The first-order valence-electron chi connectivity index (χ1n) is 31.5. The van der Waals surface area contributed by atoms with Gasteiger partial charge in [0.1, 0.15) is 13.2 Å². The van der Waals surface area contributed by atoms with E-state index >= 15 is 0 Å². The van der Waals surface area contributed by atoms with Gasteiger partial charge in [0.15, 0.2) is 0 Å². The summed E-state index contributed by atoms with van der Waals surface area (Å²) < 4.78 is 23.4. The zero-order valence-electron chi connectivity index (χ0n) is 50.8. The molecule has 3 atom stereocenters. The Bertz CT molecular complexity index is 1730. The number of rotatable bonds is 56. The molecule has 0 saturated heterocycles. The average Bonchev–Trinajstić information content (AvgIpc) is 3.41. The van der Waals surface area contributed by atoms with Crippen molar-refractivity contribution in [3.8, 4) is 0 Å². The molecule has 0 heterocycles. The molecule has 8 nitrogen and oxygen atoms in total. The van der Waals surface area contributed by atoms with Gasteiger partial charge in [-0.05, 0) is 109 Å². The van der Waals surface area contributed by atoms with Crippen molar-refractivity contribution in [2.75, 3.05) is 40.9 Å². The number of quaternary nitrogens is 1. The number of nitrogens with one attached hydrogen (secondary N) is 1. The highest BCUT2D eigenvalue weighted by atomic mass is 31.2. The zero-order chi connectivity index (χ0) is 57.0. The molecular weight excluding hydrogens is 984 g/mol.